The number of aryl methyl sites for hydroxylation is 1. The monoisotopic (exact) mass is 383 g/mol. The van der Waals surface area contributed by atoms with Crippen molar-refractivity contribution in [2.45, 2.75) is 103 Å². The number of thiophene rings is 1. The Morgan fingerprint density at radius 2 is 1.58 bits per heavy atom. The first-order valence-corrected chi connectivity index (χ1v) is 11.1. The van der Waals surface area contributed by atoms with Gasteiger partial charge in [0.05, 0.1) is 6.10 Å². The van der Waals surface area contributed by atoms with Gasteiger partial charge in [0.1, 0.15) is 6.23 Å². The summed E-state index contributed by atoms with van der Waals surface area (Å²) < 4.78 is 0. The molecule has 1 rings (SSSR count). The van der Waals surface area contributed by atoms with E-state index in [0.29, 0.717) is 0 Å². The fourth-order valence-electron chi connectivity index (χ4n) is 3.12. The van der Waals surface area contributed by atoms with E-state index >= 15 is 0 Å². The summed E-state index contributed by atoms with van der Waals surface area (Å²) in [5.74, 6) is -0.294. The van der Waals surface area contributed by atoms with Crippen LogP contribution in [0.4, 0.5) is 0 Å². The minimum atomic E-state index is -1.00. The number of nitrogens with one attached hydrogen (secondary N) is 1. The van der Waals surface area contributed by atoms with Gasteiger partial charge in [0.25, 0.3) is 0 Å². The SMILES string of the molecule is CCCCCCCCCCCCc1ccc(C(O)CC(O)NC(C)=O)s1. The van der Waals surface area contributed by atoms with Gasteiger partial charge in [-0.2, -0.15) is 0 Å². The van der Waals surface area contributed by atoms with E-state index in [-0.39, 0.29) is 12.3 Å². The van der Waals surface area contributed by atoms with Gasteiger partial charge in [0.15, 0.2) is 0 Å². The lowest BCUT2D eigenvalue weighted by Gasteiger charge is -2.14. The highest BCUT2D eigenvalue weighted by Gasteiger charge is 2.16. The van der Waals surface area contributed by atoms with Crippen LogP contribution in [0.3, 0.4) is 0 Å². The molecular weight excluding hydrogens is 346 g/mol. The van der Waals surface area contributed by atoms with E-state index in [0.717, 1.165) is 11.3 Å². The summed E-state index contributed by atoms with van der Waals surface area (Å²) in [6.07, 6.45) is 12.8. The summed E-state index contributed by atoms with van der Waals surface area (Å²) in [6.45, 7) is 3.61. The second-order valence-electron chi connectivity index (χ2n) is 7.20. The van der Waals surface area contributed by atoms with Crippen LogP contribution in [0.25, 0.3) is 0 Å². The van der Waals surface area contributed by atoms with Gasteiger partial charge < -0.3 is 15.5 Å². The maximum Gasteiger partial charge on any atom is 0.218 e. The van der Waals surface area contributed by atoms with Crippen molar-refractivity contribution in [2.75, 3.05) is 0 Å². The van der Waals surface area contributed by atoms with Crippen molar-refractivity contribution >= 4 is 17.2 Å². The molecule has 0 spiro atoms. The van der Waals surface area contributed by atoms with Crippen LogP contribution in [0.15, 0.2) is 12.1 Å². The predicted molar refractivity (Wildman–Crippen MR) is 109 cm³/mol. The Kier molecular flexibility index (Phi) is 12.6. The molecule has 0 aliphatic heterocycles. The van der Waals surface area contributed by atoms with Gasteiger partial charge in [-0.1, -0.05) is 64.7 Å². The molecule has 0 aliphatic carbocycles. The Hall–Kier alpha value is -0.910. The Balaban J connectivity index is 2.11. The van der Waals surface area contributed by atoms with Crippen molar-refractivity contribution in [3.05, 3.63) is 21.9 Å². The molecule has 0 radical (unpaired) electrons. The van der Waals surface area contributed by atoms with Crippen molar-refractivity contribution in [3.63, 3.8) is 0 Å². The van der Waals surface area contributed by atoms with Crippen molar-refractivity contribution in [2.24, 2.45) is 0 Å². The highest BCUT2D eigenvalue weighted by atomic mass is 32.1. The van der Waals surface area contributed by atoms with Crippen LogP contribution >= 0.6 is 11.3 Å². The normalized spacial score (nSPS) is 13.5. The molecule has 1 aromatic heterocycles. The van der Waals surface area contributed by atoms with Crippen LogP contribution in [0.1, 0.15) is 100 Å². The number of aliphatic hydroxyl groups excluding tert-OH is 2. The van der Waals surface area contributed by atoms with Gasteiger partial charge in [-0.3, -0.25) is 4.79 Å². The second-order valence-corrected chi connectivity index (χ2v) is 8.40. The number of unbranched alkanes of at least 4 members (excludes halogenated alkanes) is 9. The van der Waals surface area contributed by atoms with Gasteiger partial charge in [-0.15, -0.1) is 11.3 Å². The van der Waals surface area contributed by atoms with E-state index in [9.17, 15) is 15.0 Å². The Labute approximate surface area is 163 Å². The van der Waals surface area contributed by atoms with E-state index < -0.39 is 12.3 Å². The molecule has 0 saturated heterocycles. The van der Waals surface area contributed by atoms with E-state index in [1.807, 2.05) is 6.07 Å². The molecule has 0 aromatic carbocycles. The minimum Gasteiger partial charge on any atom is -0.387 e. The van der Waals surface area contributed by atoms with Gasteiger partial charge in [-0.05, 0) is 25.0 Å². The van der Waals surface area contributed by atoms with Crippen LogP contribution < -0.4 is 5.32 Å². The van der Waals surface area contributed by atoms with Crippen LogP contribution in [-0.2, 0) is 11.2 Å². The number of carbonyl (C=O) groups excluding carboxylic acids is 1. The predicted octanol–water partition coefficient (Wildman–Crippen LogP) is 5.09. The van der Waals surface area contributed by atoms with Gasteiger partial charge in [0.2, 0.25) is 5.91 Å². The Morgan fingerprint density at radius 3 is 2.15 bits per heavy atom. The van der Waals surface area contributed by atoms with E-state index in [2.05, 4.69) is 18.3 Å². The molecular formula is C21H37NO3S. The lowest BCUT2D eigenvalue weighted by atomic mass is 10.1. The van der Waals surface area contributed by atoms with E-state index in [1.54, 1.807) is 11.3 Å². The maximum absolute atomic E-state index is 10.9. The third kappa shape index (κ3) is 10.9. The van der Waals surface area contributed by atoms with Gasteiger partial charge >= 0.3 is 0 Å². The molecule has 2 atom stereocenters. The highest BCUT2D eigenvalue weighted by molar-refractivity contribution is 7.12. The number of carbonyl (C=O) groups is 1. The molecule has 4 nitrogen and oxygen atoms in total. The third-order valence-corrected chi connectivity index (χ3v) is 5.85. The average Bonchev–Trinajstić information content (AvgIpc) is 3.05. The number of aliphatic hydroxyl groups is 2. The van der Waals surface area contributed by atoms with E-state index in [4.69, 9.17) is 0 Å². The Morgan fingerprint density at radius 1 is 1.00 bits per heavy atom. The van der Waals surface area contributed by atoms with Crippen LogP contribution in [0.5, 0.6) is 0 Å². The van der Waals surface area contributed by atoms with Crippen molar-refractivity contribution in [1.29, 1.82) is 0 Å². The second kappa shape index (κ2) is 14.2. The summed E-state index contributed by atoms with van der Waals surface area (Å²) in [7, 11) is 0. The summed E-state index contributed by atoms with van der Waals surface area (Å²) in [5.41, 5.74) is 0. The number of rotatable bonds is 15. The molecule has 5 heteroatoms. The first kappa shape index (κ1) is 23.1. The largest absolute Gasteiger partial charge is 0.387 e. The van der Waals surface area contributed by atoms with Gasteiger partial charge in [-0.25, -0.2) is 0 Å². The fourth-order valence-corrected chi connectivity index (χ4v) is 4.17. The first-order chi connectivity index (χ1) is 12.5. The van der Waals surface area contributed by atoms with Crippen molar-refractivity contribution < 1.29 is 15.0 Å². The molecule has 0 fully saturated rings. The molecule has 0 aliphatic rings. The van der Waals surface area contributed by atoms with Crippen molar-refractivity contribution in [3.8, 4) is 0 Å². The average molecular weight is 384 g/mol. The summed E-state index contributed by atoms with van der Waals surface area (Å²) in [5, 5.41) is 22.2. The molecule has 2 unspecified atom stereocenters. The molecule has 1 heterocycles. The number of hydrogen-bond acceptors (Lipinski definition) is 4. The molecule has 0 bridgehead atoms. The lowest BCUT2D eigenvalue weighted by Crippen LogP contribution is -2.33. The zero-order valence-corrected chi connectivity index (χ0v) is 17.3. The lowest BCUT2D eigenvalue weighted by molar-refractivity contribution is -0.122. The minimum absolute atomic E-state index is 0.123. The third-order valence-electron chi connectivity index (χ3n) is 4.60. The topological polar surface area (TPSA) is 69.6 Å². The summed E-state index contributed by atoms with van der Waals surface area (Å²) >= 11 is 1.61. The molecule has 0 saturated carbocycles. The van der Waals surface area contributed by atoms with Crippen LogP contribution in [0.2, 0.25) is 0 Å². The molecule has 3 N–H and O–H groups in total. The number of hydrogen-bond donors (Lipinski definition) is 3. The van der Waals surface area contributed by atoms with E-state index in [1.165, 1.54) is 76.0 Å². The smallest absolute Gasteiger partial charge is 0.218 e. The number of amides is 1. The zero-order valence-electron chi connectivity index (χ0n) is 16.5. The molecule has 150 valence electrons. The van der Waals surface area contributed by atoms with Crippen LogP contribution in [-0.4, -0.2) is 22.3 Å². The highest BCUT2D eigenvalue weighted by Crippen LogP contribution is 2.27. The van der Waals surface area contributed by atoms with Crippen LogP contribution in [0, 0.1) is 0 Å². The fraction of sp³-hybridized carbons (Fsp3) is 0.762. The maximum atomic E-state index is 10.9. The summed E-state index contributed by atoms with van der Waals surface area (Å²) in [6, 6.07) is 4.00. The summed E-state index contributed by atoms with van der Waals surface area (Å²) in [4.78, 5) is 13.0. The standard InChI is InChI=1S/C21H37NO3S/c1-3-4-5-6-7-8-9-10-11-12-13-18-14-15-20(26-18)19(24)16-21(25)22-17(2)23/h14-15,19,21,24-25H,3-13,16H2,1-2H3,(H,22,23). The molecule has 1 aromatic rings. The molecule has 1 amide bonds. The zero-order chi connectivity index (χ0) is 19.2. The quantitative estimate of drug-likeness (QED) is 0.292. The van der Waals surface area contributed by atoms with Crippen molar-refractivity contribution in [1.82, 2.24) is 5.32 Å². The Bertz CT molecular complexity index is 489. The van der Waals surface area contributed by atoms with Gasteiger partial charge in [0, 0.05) is 23.1 Å². The molecule has 26 heavy (non-hydrogen) atoms. The first-order valence-electron chi connectivity index (χ1n) is 10.2.